The fourth-order valence-electron chi connectivity index (χ4n) is 2.62. The number of nitrogens with zero attached hydrogens (tertiary/aromatic N) is 3. The summed E-state index contributed by atoms with van der Waals surface area (Å²) in [6, 6.07) is 5.99. The number of hydrogen-bond donors (Lipinski definition) is 1. The summed E-state index contributed by atoms with van der Waals surface area (Å²) in [7, 11) is 1.65. The first kappa shape index (κ1) is 14.5. The summed E-state index contributed by atoms with van der Waals surface area (Å²) in [5.74, 6) is -1.48. The number of aromatic nitrogens is 2. The van der Waals surface area contributed by atoms with Crippen LogP contribution in [-0.4, -0.2) is 47.2 Å². The number of anilines is 1. The predicted molar refractivity (Wildman–Crippen MR) is 78.6 cm³/mol. The number of hydrogen-bond acceptors (Lipinski definition) is 4. The van der Waals surface area contributed by atoms with E-state index >= 15 is 0 Å². The number of benzene rings is 1. The van der Waals surface area contributed by atoms with Crippen LogP contribution in [0.3, 0.4) is 0 Å². The molecule has 1 aromatic carbocycles. The van der Waals surface area contributed by atoms with Gasteiger partial charge in [0.15, 0.2) is 5.69 Å². The first-order valence-electron chi connectivity index (χ1n) is 6.96. The van der Waals surface area contributed by atoms with Crippen LogP contribution < -0.4 is 4.90 Å². The fourth-order valence-corrected chi connectivity index (χ4v) is 2.62. The predicted octanol–water partition coefficient (Wildman–Crippen LogP) is 1.76. The van der Waals surface area contributed by atoms with Crippen molar-refractivity contribution in [1.29, 1.82) is 0 Å². The molecule has 1 aromatic heterocycles. The number of ether oxygens (including phenoxy) is 1. The number of morpholine rings is 1. The molecule has 1 aliphatic rings. The van der Waals surface area contributed by atoms with Crippen LogP contribution >= 0.6 is 0 Å². The zero-order chi connectivity index (χ0) is 15.7. The standard InChI is InChI=1S/C15H16FN3O3/c1-18-14(9-12(17-18)15(20)21)11-8-10(16)2-3-13(11)19-4-6-22-7-5-19/h2-3,8-9H,4-7H2,1H3,(H,20,21). The van der Waals surface area contributed by atoms with E-state index in [1.165, 1.54) is 22.9 Å². The monoisotopic (exact) mass is 305 g/mol. The molecule has 0 radical (unpaired) electrons. The molecule has 0 bridgehead atoms. The molecular weight excluding hydrogens is 289 g/mol. The maximum absolute atomic E-state index is 13.7. The van der Waals surface area contributed by atoms with Gasteiger partial charge in [0.1, 0.15) is 5.82 Å². The third kappa shape index (κ3) is 2.67. The maximum Gasteiger partial charge on any atom is 0.356 e. The number of halogens is 1. The quantitative estimate of drug-likeness (QED) is 0.936. The minimum absolute atomic E-state index is 0.0605. The van der Waals surface area contributed by atoms with Crippen LogP contribution in [0.25, 0.3) is 11.3 Å². The average Bonchev–Trinajstić information content (AvgIpc) is 2.90. The molecule has 2 aromatic rings. The van der Waals surface area contributed by atoms with Gasteiger partial charge in [0.25, 0.3) is 0 Å². The van der Waals surface area contributed by atoms with Crippen LogP contribution in [0.4, 0.5) is 10.1 Å². The lowest BCUT2D eigenvalue weighted by Gasteiger charge is -2.30. The minimum atomic E-state index is -1.11. The van der Waals surface area contributed by atoms with Crippen molar-refractivity contribution < 1.29 is 19.0 Å². The summed E-state index contributed by atoms with van der Waals surface area (Å²) in [5.41, 5.74) is 1.99. The lowest BCUT2D eigenvalue weighted by Crippen LogP contribution is -2.36. The van der Waals surface area contributed by atoms with Crippen molar-refractivity contribution in [2.75, 3.05) is 31.2 Å². The highest BCUT2D eigenvalue weighted by Crippen LogP contribution is 2.32. The van der Waals surface area contributed by atoms with Crippen LogP contribution in [0.1, 0.15) is 10.5 Å². The molecule has 116 valence electrons. The van der Waals surface area contributed by atoms with Gasteiger partial charge in [-0.25, -0.2) is 9.18 Å². The van der Waals surface area contributed by atoms with E-state index in [-0.39, 0.29) is 11.5 Å². The van der Waals surface area contributed by atoms with Gasteiger partial charge in [0.2, 0.25) is 0 Å². The van der Waals surface area contributed by atoms with E-state index in [0.29, 0.717) is 37.6 Å². The molecule has 0 spiro atoms. The van der Waals surface area contributed by atoms with Crippen molar-refractivity contribution >= 4 is 11.7 Å². The Labute approximate surface area is 126 Å². The van der Waals surface area contributed by atoms with Gasteiger partial charge in [-0.15, -0.1) is 0 Å². The van der Waals surface area contributed by atoms with Gasteiger partial charge in [-0.1, -0.05) is 0 Å². The Hall–Kier alpha value is -2.41. The van der Waals surface area contributed by atoms with E-state index in [2.05, 4.69) is 10.00 Å². The van der Waals surface area contributed by atoms with Crippen LogP contribution in [0.15, 0.2) is 24.3 Å². The van der Waals surface area contributed by atoms with Crippen LogP contribution in [0.5, 0.6) is 0 Å². The van der Waals surface area contributed by atoms with E-state index in [9.17, 15) is 9.18 Å². The average molecular weight is 305 g/mol. The molecule has 0 saturated carbocycles. The van der Waals surface area contributed by atoms with Gasteiger partial charge in [0, 0.05) is 31.4 Å². The van der Waals surface area contributed by atoms with E-state index in [1.54, 1.807) is 13.1 Å². The van der Waals surface area contributed by atoms with Gasteiger partial charge in [-0.05, 0) is 24.3 Å². The molecule has 22 heavy (non-hydrogen) atoms. The molecule has 6 nitrogen and oxygen atoms in total. The molecule has 0 amide bonds. The van der Waals surface area contributed by atoms with Crippen molar-refractivity contribution in [2.24, 2.45) is 7.05 Å². The summed E-state index contributed by atoms with van der Waals surface area (Å²) in [4.78, 5) is 13.2. The largest absolute Gasteiger partial charge is 0.476 e. The molecule has 3 rings (SSSR count). The molecule has 1 N–H and O–H groups in total. The normalized spacial score (nSPS) is 15.1. The van der Waals surface area contributed by atoms with Crippen molar-refractivity contribution in [1.82, 2.24) is 9.78 Å². The molecule has 2 heterocycles. The van der Waals surface area contributed by atoms with Crippen molar-refractivity contribution in [3.63, 3.8) is 0 Å². The van der Waals surface area contributed by atoms with Crippen LogP contribution in [0, 0.1) is 5.82 Å². The van der Waals surface area contributed by atoms with E-state index in [0.717, 1.165) is 5.69 Å². The molecule has 0 aliphatic carbocycles. The lowest BCUT2D eigenvalue weighted by molar-refractivity contribution is 0.0689. The van der Waals surface area contributed by atoms with E-state index in [1.807, 2.05) is 0 Å². The van der Waals surface area contributed by atoms with E-state index < -0.39 is 5.97 Å². The van der Waals surface area contributed by atoms with Gasteiger partial charge in [-0.3, -0.25) is 4.68 Å². The maximum atomic E-state index is 13.7. The second kappa shape index (κ2) is 5.76. The molecule has 0 unspecified atom stereocenters. The fraction of sp³-hybridized carbons (Fsp3) is 0.333. The first-order valence-corrected chi connectivity index (χ1v) is 6.96. The van der Waals surface area contributed by atoms with Crippen molar-refractivity contribution in [3.05, 3.63) is 35.8 Å². The summed E-state index contributed by atoms with van der Waals surface area (Å²) < 4.78 is 20.5. The number of rotatable bonds is 3. The highest BCUT2D eigenvalue weighted by molar-refractivity contribution is 5.88. The number of aromatic carboxylic acids is 1. The third-order valence-corrected chi connectivity index (χ3v) is 3.69. The molecule has 0 atom stereocenters. The highest BCUT2D eigenvalue weighted by atomic mass is 19.1. The molecule has 1 fully saturated rings. The Kier molecular flexibility index (Phi) is 3.81. The number of aryl methyl sites for hydroxylation is 1. The summed E-state index contributed by atoms with van der Waals surface area (Å²) in [6.45, 7) is 2.65. The second-order valence-corrected chi connectivity index (χ2v) is 5.10. The van der Waals surface area contributed by atoms with Crippen LogP contribution in [-0.2, 0) is 11.8 Å². The van der Waals surface area contributed by atoms with E-state index in [4.69, 9.17) is 9.84 Å². The Morgan fingerprint density at radius 1 is 1.32 bits per heavy atom. The zero-order valence-electron chi connectivity index (χ0n) is 12.1. The van der Waals surface area contributed by atoms with Crippen molar-refractivity contribution in [3.8, 4) is 11.3 Å². The Morgan fingerprint density at radius 2 is 2.05 bits per heavy atom. The van der Waals surface area contributed by atoms with Gasteiger partial charge >= 0.3 is 5.97 Å². The highest BCUT2D eigenvalue weighted by Gasteiger charge is 2.20. The lowest BCUT2D eigenvalue weighted by atomic mass is 10.1. The summed E-state index contributed by atoms with van der Waals surface area (Å²) in [5, 5.41) is 13.0. The number of carboxylic acids is 1. The molecule has 7 heteroatoms. The Balaban J connectivity index is 2.09. The van der Waals surface area contributed by atoms with Gasteiger partial charge in [0.05, 0.1) is 18.9 Å². The molecule has 1 aliphatic heterocycles. The smallest absolute Gasteiger partial charge is 0.356 e. The van der Waals surface area contributed by atoms with Crippen molar-refractivity contribution in [2.45, 2.75) is 0 Å². The third-order valence-electron chi connectivity index (χ3n) is 3.69. The van der Waals surface area contributed by atoms with Crippen LogP contribution in [0.2, 0.25) is 0 Å². The zero-order valence-corrected chi connectivity index (χ0v) is 12.1. The van der Waals surface area contributed by atoms with Gasteiger partial charge < -0.3 is 14.7 Å². The number of carboxylic acid groups (broad SMARTS) is 1. The second-order valence-electron chi connectivity index (χ2n) is 5.10. The topological polar surface area (TPSA) is 67.6 Å². The Bertz CT molecular complexity index is 708. The van der Waals surface area contributed by atoms with Gasteiger partial charge in [-0.2, -0.15) is 5.10 Å². The molecule has 1 saturated heterocycles. The SMILES string of the molecule is Cn1nc(C(=O)O)cc1-c1cc(F)ccc1N1CCOCC1. The summed E-state index contributed by atoms with van der Waals surface area (Å²) in [6.07, 6.45) is 0. The summed E-state index contributed by atoms with van der Waals surface area (Å²) >= 11 is 0. The first-order chi connectivity index (χ1) is 10.6. The molecular formula is C15H16FN3O3. The number of carbonyl (C=O) groups is 1. The minimum Gasteiger partial charge on any atom is -0.476 e. The Morgan fingerprint density at radius 3 is 2.68 bits per heavy atom.